The minimum absolute atomic E-state index is 0.257. The summed E-state index contributed by atoms with van der Waals surface area (Å²) < 4.78 is 40.2. The third-order valence-electron chi connectivity index (χ3n) is 2.13. The van der Waals surface area contributed by atoms with Crippen LogP contribution < -0.4 is 5.32 Å². The van der Waals surface area contributed by atoms with Crippen molar-refractivity contribution in [1.29, 1.82) is 0 Å². The zero-order valence-electron chi connectivity index (χ0n) is 9.56. The Hall–Kier alpha value is -0.780. The molecule has 0 aromatic heterocycles. The lowest BCUT2D eigenvalue weighted by molar-refractivity contribution is -0.145. The lowest BCUT2D eigenvalue weighted by Crippen LogP contribution is -2.39. The van der Waals surface area contributed by atoms with Crippen LogP contribution in [-0.2, 0) is 9.53 Å². The minimum Gasteiger partial charge on any atom is -0.468 e. The normalized spacial score (nSPS) is 13.6. The van der Waals surface area contributed by atoms with E-state index in [-0.39, 0.29) is 6.54 Å². The van der Waals surface area contributed by atoms with Gasteiger partial charge in [-0.3, -0.25) is 4.79 Å². The van der Waals surface area contributed by atoms with Gasteiger partial charge < -0.3 is 10.1 Å². The Bertz CT molecular complexity index is 207. The first kappa shape index (κ1) is 15.2. The van der Waals surface area contributed by atoms with Gasteiger partial charge in [-0.1, -0.05) is 19.8 Å². The van der Waals surface area contributed by atoms with Gasteiger partial charge in [-0.2, -0.15) is 13.2 Å². The molecule has 1 atom stereocenters. The summed E-state index contributed by atoms with van der Waals surface area (Å²) in [4.78, 5) is 11.2. The quantitative estimate of drug-likeness (QED) is 0.695. The van der Waals surface area contributed by atoms with Crippen molar-refractivity contribution in [1.82, 2.24) is 5.32 Å². The number of carbonyl (C=O) groups excluding carboxylic acids is 1. The SMILES string of the molecule is CCCCC(NCCC(F)(F)F)C(=O)OC. The summed E-state index contributed by atoms with van der Waals surface area (Å²) in [6.45, 7) is 1.69. The molecule has 0 rings (SSSR count). The van der Waals surface area contributed by atoms with Crippen molar-refractivity contribution in [3.05, 3.63) is 0 Å². The number of carbonyl (C=O) groups is 1. The first-order valence-electron chi connectivity index (χ1n) is 5.28. The zero-order valence-corrected chi connectivity index (χ0v) is 9.56. The molecule has 0 amide bonds. The van der Waals surface area contributed by atoms with Crippen LogP contribution in [0.1, 0.15) is 32.6 Å². The summed E-state index contributed by atoms with van der Waals surface area (Å²) in [7, 11) is 1.23. The average molecular weight is 241 g/mol. The Kier molecular flexibility index (Phi) is 7.12. The van der Waals surface area contributed by atoms with Gasteiger partial charge in [-0.25, -0.2) is 0 Å². The molecule has 0 aliphatic heterocycles. The summed E-state index contributed by atoms with van der Waals surface area (Å²) in [6.07, 6.45) is -2.97. The van der Waals surface area contributed by atoms with Crippen molar-refractivity contribution in [3.63, 3.8) is 0 Å². The highest BCUT2D eigenvalue weighted by molar-refractivity contribution is 5.75. The van der Waals surface area contributed by atoms with E-state index in [9.17, 15) is 18.0 Å². The van der Waals surface area contributed by atoms with E-state index in [0.29, 0.717) is 6.42 Å². The number of esters is 1. The fourth-order valence-corrected chi connectivity index (χ4v) is 1.24. The maximum Gasteiger partial charge on any atom is 0.390 e. The number of unbranched alkanes of at least 4 members (excludes halogenated alkanes) is 1. The largest absolute Gasteiger partial charge is 0.468 e. The molecule has 0 spiro atoms. The van der Waals surface area contributed by atoms with Crippen molar-refractivity contribution in [2.75, 3.05) is 13.7 Å². The smallest absolute Gasteiger partial charge is 0.390 e. The van der Waals surface area contributed by atoms with Crippen molar-refractivity contribution in [2.45, 2.75) is 44.8 Å². The number of ether oxygens (including phenoxy) is 1. The van der Waals surface area contributed by atoms with E-state index in [4.69, 9.17) is 0 Å². The lowest BCUT2D eigenvalue weighted by Gasteiger charge is -2.16. The number of halogens is 3. The number of alkyl halides is 3. The van der Waals surface area contributed by atoms with Gasteiger partial charge in [0, 0.05) is 6.54 Å². The molecule has 0 radical (unpaired) electrons. The molecule has 0 saturated carbocycles. The van der Waals surface area contributed by atoms with Gasteiger partial charge in [0.05, 0.1) is 13.5 Å². The van der Waals surface area contributed by atoms with E-state index in [1.54, 1.807) is 0 Å². The van der Waals surface area contributed by atoms with Crippen LogP contribution in [0.5, 0.6) is 0 Å². The Balaban J connectivity index is 3.96. The van der Waals surface area contributed by atoms with E-state index in [1.165, 1.54) is 7.11 Å². The number of hydrogen-bond donors (Lipinski definition) is 1. The molecule has 1 unspecified atom stereocenters. The third kappa shape index (κ3) is 7.50. The maximum absolute atomic E-state index is 11.9. The van der Waals surface area contributed by atoms with E-state index in [2.05, 4.69) is 10.1 Å². The van der Waals surface area contributed by atoms with Gasteiger partial charge >= 0.3 is 12.1 Å². The van der Waals surface area contributed by atoms with E-state index < -0.39 is 24.6 Å². The molecule has 0 heterocycles. The molecule has 0 aromatic rings. The highest BCUT2D eigenvalue weighted by Crippen LogP contribution is 2.18. The molecule has 3 nitrogen and oxygen atoms in total. The summed E-state index contributed by atoms with van der Waals surface area (Å²) in [5.41, 5.74) is 0. The van der Waals surface area contributed by atoms with Crippen LogP contribution in [0.2, 0.25) is 0 Å². The number of nitrogens with one attached hydrogen (secondary N) is 1. The topological polar surface area (TPSA) is 38.3 Å². The van der Waals surface area contributed by atoms with E-state index in [1.807, 2.05) is 6.92 Å². The fraction of sp³-hybridized carbons (Fsp3) is 0.900. The van der Waals surface area contributed by atoms with Gasteiger partial charge in [0.2, 0.25) is 0 Å². The van der Waals surface area contributed by atoms with Gasteiger partial charge in [0.15, 0.2) is 0 Å². The zero-order chi connectivity index (χ0) is 12.6. The molecule has 6 heteroatoms. The lowest BCUT2D eigenvalue weighted by atomic mass is 10.1. The number of rotatable bonds is 7. The van der Waals surface area contributed by atoms with Crippen LogP contribution in [0.3, 0.4) is 0 Å². The molecule has 0 fully saturated rings. The Morgan fingerprint density at radius 3 is 2.50 bits per heavy atom. The predicted molar refractivity (Wildman–Crippen MR) is 54.0 cm³/mol. The van der Waals surface area contributed by atoms with Crippen LogP contribution in [0, 0.1) is 0 Å². The number of methoxy groups -OCH3 is 1. The summed E-state index contributed by atoms with van der Waals surface area (Å²) in [6, 6.07) is -0.632. The molecule has 16 heavy (non-hydrogen) atoms. The van der Waals surface area contributed by atoms with Crippen LogP contribution in [0.25, 0.3) is 0 Å². The highest BCUT2D eigenvalue weighted by Gasteiger charge is 2.27. The van der Waals surface area contributed by atoms with Crippen molar-refractivity contribution < 1.29 is 22.7 Å². The Labute approximate surface area is 93.3 Å². The summed E-state index contributed by atoms with van der Waals surface area (Å²) in [5.74, 6) is -0.504. The maximum atomic E-state index is 11.9. The Morgan fingerprint density at radius 2 is 2.06 bits per heavy atom. The molecule has 0 saturated heterocycles. The standard InChI is InChI=1S/C10H18F3NO2/c1-3-4-5-8(9(15)16-2)14-7-6-10(11,12)13/h8,14H,3-7H2,1-2H3. The Morgan fingerprint density at radius 1 is 1.44 bits per heavy atom. The summed E-state index contributed by atoms with van der Waals surface area (Å²) >= 11 is 0. The molecule has 0 aromatic carbocycles. The number of hydrogen-bond acceptors (Lipinski definition) is 3. The average Bonchev–Trinajstić information content (AvgIpc) is 2.20. The van der Waals surface area contributed by atoms with Gasteiger partial charge in [0.1, 0.15) is 6.04 Å². The molecule has 0 aliphatic carbocycles. The molecule has 0 aliphatic rings. The third-order valence-corrected chi connectivity index (χ3v) is 2.13. The van der Waals surface area contributed by atoms with E-state index in [0.717, 1.165) is 12.8 Å². The van der Waals surface area contributed by atoms with Crippen LogP contribution >= 0.6 is 0 Å². The van der Waals surface area contributed by atoms with Crippen LogP contribution in [0.15, 0.2) is 0 Å². The van der Waals surface area contributed by atoms with Crippen molar-refractivity contribution >= 4 is 5.97 Å². The second-order valence-electron chi connectivity index (χ2n) is 3.54. The first-order chi connectivity index (χ1) is 7.40. The van der Waals surface area contributed by atoms with Gasteiger partial charge in [-0.05, 0) is 6.42 Å². The molecule has 1 N–H and O–H groups in total. The molecule has 96 valence electrons. The highest BCUT2D eigenvalue weighted by atomic mass is 19.4. The first-order valence-corrected chi connectivity index (χ1v) is 5.28. The monoisotopic (exact) mass is 241 g/mol. The second-order valence-corrected chi connectivity index (χ2v) is 3.54. The predicted octanol–water partition coefficient (Wildman–Crippen LogP) is 2.26. The fourth-order valence-electron chi connectivity index (χ4n) is 1.24. The molecular weight excluding hydrogens is 223 g/mol. The van der Waals surface area contributed by atoms with Crippen molar-refractivity contribution in [3.8, 4) is 0 Å². The summed E-state index contributed by atoms with van der Waals surface area (Å²) in [5, 5.41) is 2.57. The molecule has 0 bridgehead atoms. The second kappa shape index (κ2) is 7.49. The molecular formula is C10H18F3NO2. The minimum atomic E-state index is -4.20. The van der Waals surface area contributed by atoms with Crippen LogP contribution in [0.4, 0.5) is 13.2 Å². The van der Waals surface area contributed by atoms with Crippen LogP contribution in [-0.4, -0.2) is 31.8 Å². The van der Waals surface area contributed by atoms with Gasteiger partial charge in [0.25, 0.3) is 0 Å². The van der Waals surface area contributed by atoms with Gasteiger partial charge in [-0.15, -0.1) is 0 Å². The van der Waals surface area contributed by atoms with E-state index >= 15 is 0 Å². The van der Waals surface area contributed by atoms with Crippen molar-refractivity contribution in [2.24, 2.45) is 0 Å².